The van der Waals surface area contributed by atoms with E-state index in [2.05, 4.69) is 48.8 Å². The van der Waals surface area contributed by atoms with Gasteiger partial charge in [-0.3, -0.25) is 0 Å². The van der Waals surface area contributed by atoms with Crippen molar-refractivity contribution in [3.05, 3.63) is 52.5 Å². The van der Waals surface area contributed by atoms with Crippen molar-refractivity contribution in [1.29, 1.82) is 5.39 Å². The predicted molar refractivity (Wildman–Crippen MR) is 112 cm³/mol. The summed E-state index contributed by atoms with van der Waals surface area (Å²) in [5.41, 5.74) is 5.49. The summed E-state index contributed by atoms with van der Waals surface area (Å²) >= 11 is 0. The number of diazo groups is 1. The Kier molecular flexibility index (Phi) is 6.34. The molecule has 1 heterocycles. The fourth-order valence-electron chi connectivity index (χ4n) is 3.73. The van der Waals surface area contributed by atoms with Crippen LogP contribution in [0.3, 0.4) is 0 Å². The first kappa shape index (κ1) is 19.2. The third-order valence-corrected chi connectivity index (χ3v) is 5.52. The highest BCUT2D eigenvalue weighted by molar-refractivity contribution is 5.74. The third kappa shape index (κ3) is 4.42. The minimum Gasteiger partial charge on any atom is -0.486 e. The van der Waals surface area contributed by atoms with E-state index in [1.165, 1.54) is 36.1 Å². The molecule has 1 aliphatic heterocycles. The Morgan fingerprint density at radius 3 is 2.78 bits per heavy atom. The minimum atomic E-state index is 0.493. The average molecular weight is 365 g/mol. The van der Waals surface area contributed by atoms with Gasteiger partial charge < -0.3 is 9.64 Å². The zero-order chi connectivity index (χ0) is 19.2. The lowest BCUT2D eigenvalue weighted by atomic mass is 10.0. The molecule has 4 nitrogen and oxygen atoms in total. The lowest BCUT2D eigenvalue weighted by molar-refractivity contribution is 0.234. The van der Waals surface area contributed by atoms with Crippen LogP contribution in [0.25, 0.3) is 4.98 Å². The molecule has 142 valence electrons. The molecule has 2 aromatic rings. The third-order valence-electron chi connectivity index (χ3n) is 5.52. The monoisotopic (exact) mass is 364 g/mol. The van der Waals surface area contributed by atoms with Gasteiger partial charge >= 0.3 is 5.69 Å². The molecule has 0 saturated carbocycles. The zero-order valence-electron chi connectivity index (χ0n) is 16.7. The molecule has 0 N–H and O–H groups in total. The standard InChI is InChI=1S/C23H30N3O/c1-4-6-7-18(5-2)16-27-23-15-20(10-11-21(23)25-24)26-13-12-19-9-8-17(3)14-22(19)26/h8-11,14-15,18H,4-7,12-13,16H2,1-3H3/q+1. The second kappa shape index (κ2) is 8.90. The largest absolute Gasteiger partial charge is 0.486 e. The zero-order valence-corrected chi connectivity index (χ0v) is 16.7. The summed E-state index contributed by atoms with van der Waals surface area (Å²) in [6.45, 7) is 8.18. The van der Waals surface area contributed by atoms with Crippen LogP contribution in [0.1, 0.15) is 50.7 Å². The first-order valence-corrected chi connectivity index (χ1v) is 10.1. The Labute approximate surface area is 162 Å². The molecular formula is C23H30N3O+. The van der Waals surface area contributed by atoms with Gasteiger partial charge in [0, 0.05) is 30.1 Å². The lowest BCUT2D eigenvalue weighted by Crippen LogP contribution is -2.14. The summed E-state index contributed by atoms with van der Waals surface area (Å²) < 4.78 is 6.11. The summed E-state index contributed by atoms with van der Waals surface area (Å²) in [7, 11) is 0. The van der Waals surface area contributed by atoms with Gasteiger partial charge in [0.25, 0.3) is 0 Å². The molecule has 0 radical (unpaired) electrons. The van der Waals surface area contributed by atoms with Crippen molar-refractivity contribution in [2.75, 3.05) is 18.1 Å². The van der Waals surface area contributed by atoms with Gasteiger partial charge in [-0.1, -0.05) is 45.2 Å². The molecule has 0 amide bonds. The normalized spacial score (nSPS) is 13.9. The molecule has 2 aromatic carbocycles. The van der Waals surface area contributed by atoms with Gasteiger partial charge in [-0.2, -0.15) is 0 Å². The highest BCUT2D eigenvalue weighted by Gasteiger charge is 2.24. The number of benzene rings is 2. The van der Waals surface area contributed by atoms with Gasteiger partial charge in [0.15, 0.2) is 4.98 Å². The number of ether oxygens (including phenoxy) is 1. The molecule has 3 rings (SSSR count). The van der Waals surface area contributed by atoms with Gasteiger partial charge in [-0.15, -0.1) is 0 Å². The summed E-state index contributed by atoms with van der Waals surface area (Å²) in [6, 6.07) is 12.5. The quantitative estimate of drug-likeness (QED) is 0.485. The number of nitrogens with zero attached hydrogens (tertiary/aromatic N) is 3. The van der Waals surface area contributed by atoms with E-state index < -0.39 is 0 Å². The van der Waals surface area contributed by atoms with Crippen molar-refractivity contribution in [3.63, 3.8) is 0 Å². The number of unbranched alkanes of at least 4 members (excludes halogenated alkanes) is 1. The van der Waals surface area contributed by atoms with Crippen LogP contribution in [0, 0.1) is 18.2 Å². The van der Waals surface area contributed by atoms with E-state index in [1.807, 2.05) is 18.2 Å². The van der Waals surface area contributed by atoms with Crippen LogP contribution in [0.4, 0.5) is 17.1 Å². The SMILES string of the molecule is CCCCC(CC)COc1cc(N2CCc3ccc(C)cc32)ccc1[N+]#N. The molecule has 0 aliphatic carbocycles. The number of hydrogen-bond donors (Lipinski definition) is 0. The molecule has 1 atom stereocenters. The van der Waals surface area contributed by atoms with Crippen molar-refractivity contribution in [3.8, 4) is 5.75 Å². The maximum absolute atomic E-state index is 9.36. The summed E-state index contributed by atoms with van der Waals surface area (Å²) in [6.07, 6.45) is 5.76. The Balaban J connectivity index is 1.81. The Hall–Kier alpha value is -2.54. The van der Waals surface area contributed by atoms with Crippen molar-refractivity contribution in [2.24, 2.45) is 5.92 Å². The fraction of sp³-hybridized carbons (Fsp3) is 0.478. The number of rotatable bonds is 8. The van der Waals surface area contributed by atoms with Crippen molar-refractivity contribution >= 4 is 17.1 Å². The van der Waals surface area contributed by atoms with Crippen molar-refractivity contribution in [1.82, 2.24) is 0 Å². The van der Waals surface area contributed by atoms with Crippen LogP contribution in [-0.2, 0) is 6.42 Å². The van der Waals surface area contributed by atoms with Crippen LogP contribution in [0.15, 0.2) is 36.4 Å². The average Bonchev–Trinajstić information content (AvgIpc) is 3.11. The van der Waals surface area contributed by atoms with Crippen LogP contribution >= 0.6 is 0 Å². The van der Waals surface area contributed by atoms with E-state index in [0.29, 0.717) is 24.0 Å². The maximum atomic E-state index is 9.36. The molecule has 0 spiro atoms. The topological polar surface area (TPSA) is 40.6 Å². The number of hydrogen-bond acceptors (Lipinski definition) is 3. The second-order valence-corrected chi connectivity index (χ2v) is 7.51. The molecular weight excluding hydrogens is 334 g/mol. The molecule has 0 fully saturated rings. The van der Waals surface area contributed by atoms with E-state index in [0.717, 1.165) is 25.1 Å². The number of anilines is 2. The van der Waals surface area contributed by atoms with Gasteiger partial charge in [0.05, 0.1) is 6.61 Å². The molecule has 0 aromatic heterocycles. The maximum Gasteiger partial charge on any atom is 0.426 e. The van der Waals surface area contributed by atoms with E-state index >= 15 is 0 Å². The summed E-state index contributed by atoms with van der Waals surface area (Å²) in [5.74, 6) is 1.20. The fourth-order valence-corrected chi connectivity index (χ4v) is 3.73. The van der Waals surface area contributed by atoms with E-state index in [4.69, 9.17) is 4.74 Å². The number of fused-ring (bicyclic) bond motifs is 1. The van der Waals surface area contributed by atoms with Crippen LogP contribution in [-0.4, -0.2) is 13.2 Å². The van der Waals surface area contributed by atoms with E-state index in [-0.39, 0.29) is 0 Å². The summed E-state index contributed by atoms with van der Waals surface area (Å²) in [4.78, 5) is 5.74. The Morgan fingerprint density at radius 1 is 1.19 bits per heavy atom. The second-order valence-electron chi connectivity index (χ2n) is 7.51. The predicted octanol–water partition coefficient (Wildman–Crippen LogP) is 6.77. The van der Waals surface area contributed by atoms with Gasteiger partial charge in [0.1, 0.15) is 0 Å². The van der Waals surface area contributed by atoms with Crippen LogP contribution < -0.4 is 9.64 Å². The van der Waals surface area contributed by atoms with Crippen molar-refractivity contribution in [2.45, 2.75) is 52.9 Å². The first-order chi connectivity index (χ1) is 13.2. The van der Waals surface area contributed by atoms with Crippen LogP contribution in [0.2, 0.25) is 0 Å². The van der Waals surface area contributed by atoms with Gasteiger partial charge in [-0.05, 0) is 48.9 Å². The summed E-state index contributed by atoms with van der Waals surface area (Å²) in [5, 5.41) is 9.36. The smallest absolute Gasteiger partial charge is 0.426 e. The highest BCUT2D eigenvalue weighted by Crippen LogP contribution is 2.39. The molecule has 1 aliphatic rings. The van der Waals surface area contributed by atoms with E-state index in [9.17, 15) is 5.39 Å². The minimum absolute atomic E-state index is 0.493. The molecule has 1 unspecified atom stereocenters. The lowest BCUT2D eigenvalue weighted by Gasteiger charge is -2.21. The number of aryl methyl sites for hydroxylation is 1. The molecule has 0 bridgehead atoms. The molecule has 4 heteroatoms. The van der Waals surface area contributed by atoms with Gasteiger partial charge in [-0.25, -0.2) is 0 Å². The molecule has 0 saturated heterocycles. The Bertz CT molecular complexity index is 825. The van der Waals surface area contributed by atoms with Gasteiger partial charge in [0.2, 0.25) is 11.1 Å². The van der Waals surface area contributed by atoms with Crippen LogP contribution in [0.5, 0.6) is 5.75 Å². The first-order valence-electron chi connectivity index (χ1n) is 10.1. The highest BCUT2D eigenvalue weighted by atomic mass is 16.5. The van der Waals surface area contributed by atoms with Crippen molar-refractivity contribution < 1.29 is 4.74 Å². The molecule has 27 heavy (non-hydrogen) atoms. The van der Waals surface area contributed by atoms with E-state index in [1.54, 1.807) is 0 Å². The Morgan fingerprint density at radius 2 is 2.04 bits per heavy atom.